The maximum absolute atomic E-state index is 12.4. The minimum atomic E-state index is -2.82. The van der Waals surface area contributed by atoms with Gasteiger partial charge in [0, 0.05) is 0 Å². The first-order chi connectivity index (χ1) is 6.64. The summed E-state index contributed by atoms with van der Waals surface area (Å²) in [6.45, 7) is 6.82. The van der Waals surface area contributed by atoms with Gasteiger partial charge in [0.05, 0.1) is 18.9 Å². The Kier molecular flexibility index (Phi) is 4.62. The summed E-state index contributed by atoms with van der Waals surface area (Å²) in [6, 6.07) is 0. The van der Waals surface area contributed by atoms with Crippen molar-refractivity contribution >= 4 is 7.60 Å². The fraction of sp³-hybridized carbons (Fsp3) is 1.00. The topological polar surface area (TPSA) is 35.5 Å². The molecule has 0 amide bonds. The van der Waals surface area contributed by atoms with E-state index in [0.29, 0.717) is 19.1 Å². The summed E-state index contributed by atoms with van der Waals surface area (Å²) in [5, 5.41) is 0. The van der Waals surface area contributed by atoms with Gasteiger partial charge in [-0.15, -0.1) is 0 Å². The molecule has 0 aromatic carbocycles. The van der Waals surface area contributed by atoms with Crippen LogP contribution in [0.1, 0.15) is 40.0 Å². The third-order valence-corrected chi connectivity index (χ3v) is 5.66. The average molecular weight is 220 g/mol. The molecule has 0 bridgehead atoms. The van der Waals surface area contributed by atoms with Crippen LogP contribution in [0.3, 0.4) is 0 Å². The first-order valence-electron chi connectivity index (χ1n) is 5.52. The van der Waals surface area contributed by atoms with Crippen LogP contribution in [0.2, 0.25) is 0 Å². The van der Waals surface area contributed by atoms with Gasteiger partial charge >= 0.3 is 7.60 Å². The van der Waals surface area contributed by atoms with Crippen molar-refractivity contribution in [2.24, 2.45) is 5.92 Å². The molecule has 84 valence electrons. The Morgan fingerprint density at radius 2 is 1.79 bits per heavy atom. The summed E-state index contributed by atoms with van der Waals surface area (Å²) in [4.78, 5) is 0. The van der Waals surface area contributed by atoms with Crippen LogP contribution in [0, 0.1) is 5.92 Å². The van der Waals surface area contributed by atoms with Gasteiger partial charge in [-0.05, 0) is 32.6 Å². The second kappa shape index (κ2) is 5.29. The Morgan fingerprint density at radius 3 is 2.14 bits per heavy atom. The van der Waals surface area contributed by atoms with E-state index in [4.69, 9.17) is 9.05 Å². The van der Waals surface area contributed by atoms with Crippen molar-refractivity contribution in [3.63, 3.8) is 0 Å². The second-order valence-electron chi connectivity index (χ2n) is 3.85. The lowest BCUT2D eigenvalue weighted by molar-refractivity contribution is 0.207. The molecule has 14 heavy (non-hydrogen) atoms. The zero-order valence-electron chi connectivity index (χ0n) is 9.36. The molecule has 2 unspecified atom stereocenters. The van der Waals surface area contributed by atoms with Gasteiger partial charge < -0.3 is 9.05 Å². The van der Waals surface area contributed by atoms with E-state index in [-0.39, 0.29) is 5.66 Å². The van der Waals surface area contributed by atoms with Gasteiger partial charge in [-0.3, -0.25) is 4.57 Å². The van der Waals surface area contributed by atoms with Crippen molar-refractivity contribution < 1.29 is 13.6 Å². The third kappa shape index (κ3) is 2.59. The van der Waals surface area contributed by atoms with Crippen molar-refractivity contribution in [2.75, 3.05) is 13.2 Å². The molecule has 0 aliphatic heterocycles. The van der Waals surface area contributed by atoms with E-state index in [2.05, 4.69) is 6.92 Å². The van der Waals surface area contributed by atoms with Crippen LogP contribution in [-0.4, -0.2) is 18.9 Å². The largest absolute Gasteiger partial charge is 0.333 e. The van der Waals surface area contributed by atoms with Crippen LogP contribution < -0.4 is 0 Å². The molecular formula is C10H21O3P. The fourth-order valence-corrected chi connectivity index (χ4v) is 4.63. The first kappa shape index (κ1) is 12.2. The van der Waals surface area contributed by atoms with E-state index in [1.54, 1.807) is 0 Å². The highest BCUT2D eigenvalue weighted by Gasteiger charge is 2.41. The van der Waals surface area contributed by atoms with E-state index in [0.717, 1.165) is 19.3 Å². The SMILES string of the molecule is CCOP(=O)(OCC)C1CCCC1C. The monoisotopic (exact) mass is 220 g/mol. The van der Waals surface area contributed by atoms with Gasteiger partial charge in [0.15, 0.2) is 0 Å². The molecule has 0 spiro atoms. The van der Waals surface area contributed by atoms with Crippen molar-refractivity contribution in [2.45, 2.75) is 45.7 Å². The predicted molar refractivity (Wildman–Crippen MR) is 57.7 cm³/mol. The Bertz CT molecular complexity index is 207. The summed E-state index contributed by atoms with van der Waals surface area (Å²) >= 11 is 0. The maximum atomic E-state index is 12.4. The highest BCUT2D eigenvalue weighted by Crippen LogP contribution is 2.59. The molecule has 0 heterocycles. The van der Waals surface area contributed by atoms with Crippen LogP contribution in [0.15, 0.2) is 0 Å². The Balaban J connectivity index is 2.70. The maximum Gasteiger partial charge on any atom is 0.333 e. The molecular weight excluding hydrogens is 199 g/mol. The third-order valence-electron chi connectivity index (χ3n) is 2.84. The molecule has 1 aliphatic rings. The molecule has 1 rings (SSSR count). The number of hydrogen-bond donors (Lipinski definition) is 0. The van der Waals surface area contributed by atoms with Crippen molar-refractivity contribution in [3.8, 4) is 0 Å². The molecule has 0 aromatic rings. The fourth-order valence-electron chi connectivity index (χ4n) is 2.18. The van der Waals surface area contributed by atoms with Crippen molar-refractivity contribution in [1.29, 1.82) is 0 Å². The lowest BCUT2D eigenvalue weighted by atomic mass is 10.1. The summed E-state index contributed by atoms with van der Waals surface area (Å²) < 4.78 is 23.1. The minimum Gasteiger partial charge on any atom is -0.309 e. The van der Waals surface area contributed by atoms with Gasteiger partial charge in [0.25, 0.3) is 0 Å². The Morgan fingerprint density at radius 1 is 1.21 bits per heavy atom. The van der Waals surface area contributed by atoms with Gasteiger partial charge in [-0.1, -0.05) is 13.3 Å². The number of hydrogen-bond acceptors (Lipinski definition) is 3. The standard InChI is InChI=1S/C10H21O3P/c1-4-12-14(11,13-5-2)10-8-6-7-9(10)3/h9-10H,4-8H2,1-3H3. The Hall–Kier alpha value is 0.150. The van der Waals surface area contributed by atoms with E-state index >= 15 is 0 Å². The molecule has 1 saturated carbocycles. The molecule has 0 aromatic heterocycles. The highest BCUT2D eigenvalue weighted by molar-refractivity contribution is 7.54. The molecule has 1 fully saturated rings. The predicted octanol–water partition coefficient (Wildman–Crippen LogP) is 3.44. The van der Waals surface area contributed by atoms with Gasteiger partial charge in [0.1, 0.15) is 0 Å². The molecule has 0 radical (unpaired) electrons. The van der Waals surface area contributed by atoms with Crippen LogP contribution >= 0.6 is 7.60 Å². The average Bonchev–Trinajstić information content (AvgIpc) is 2.52. The van der Waals surface area contributed by atoms with Crippen LogP contribution in [0.25, 0.3) is 0 Å². The second-order valence-corrected chi connectivity index (χ2v) is 6.11. The summed E-state index contributed by atoms with van der Waals surface area (Å²) in [5.41, 5.74) is 0.127. The van der Waals surface area contributed by atoms with E-state index < -0.39 is 7.60 Å². The van der Waals surface area contributed by atoms with Gasteiger partial charge in [0.2, 0.25) is 0 Å². The van der Waals surface area contributed by atoms with E-state index in [1.807, 2.05) is 13.8 Å². The summed E-state index contributed by atoms with van der Waals surface area (Å²) in [7, 11) is -2.82. The molecule has 2 atom stereocenters. The molecule has 3 nitrogen and oxygen atoms in total. The van der Waals surface area contributed by atoms with Crippen molar-refractivity contribution in [3.05, 3.63) is 0 Å². The minimum absolute atomic E-state index is 0.127. The van der Waals surface area contributed by atoms with Crippen LogP contribution in [0.4, 0.5) is 0 Å². The highest BCUT2D eigenvalue weighted by atomic mass is 31.2. The Labute approximate surface area is 86.7 Å². The molecule has 1 aliphatic carbocycles. The summed E-state index contributed by atoms with van der Waals surface area (Å²) in [6.07, 6.45) is 3.28. The van der Waals surface area contributed by atoms with Crippen molar-refractivity contribution in [1.82, 2.24) is 0 Å². The van der Waals surface area contributed by atoms with Gasteiger partial charge in [-0.2, -0.15) is 0 Å². The lowest BCUT2D eigenvalue weighted by Crippen LogP contribution is -2.15. The van der Waals surface area contributed by atoms with E-state index in [1.165, 1.54) is 0 Å². The normalized spacial score (nSPS) is 28.2. The van der Waals surface area contributed by atoms with Crippen LogP contribution in [0.5, 0.6) is 0 Å². The molecule has 0 saturated heterocycles. The van der Waals surface area contributed by atoms with E-state index in [9.17, 15) is 4.57 Å². The quantitative estimate of drug-likeness (QED) is 0.666. The first-order valence-corrected chi connectivity index (χ1v) is 7.14. The molecule has 4 heteroatoms. The summed E-state index contributed by atoms with van der Waals surface area (Å²) in [5.74, 6) is 0.471. The number of rotatable bonds is 5. The zero-order chi connectivity index (χ0) is 10.6. The molecule has 0 N–H and O–H groups in total. The lowest BCUT2D eigenvalue weighted by Gasteiger charge is -2.25. The van der Waals surface area contributed by atoms with Crippen LogP contribution in [-0.2, 0) is 13.6 Å². The smallest absolute Gasteiger partial charge is 0.309 e. The van der Waals surface area contributed by atoms with Gasteiger partial charge in [-0.25, -0.2) is 0 Å². The zero-order valence-corrected chi connectivity index (χ0v) is 10.3.